The first-order valence-electron chi connectivity index (χ1n) is 7.23. The molecule has 0 bridgehead atoms. The molecule has 2 aromatic carbocycles. The van der Waals surface area contributed by atoms with Crippen molar-refractivity contribution < 1.29 is 10.2 Å². The highest BCUT2D eigenvalue weighted by Crippen LogP contribution is 2.38. The van der Waals surface area contributed by atoms with Crippen LogP contribution in [0.3, 0.4) is 0 Å². The van der Waals surface area contributed by atoms with Gasteiger partial charge in [-0.15, -0.1) is 0 Å². The molecular formula is C18H22O2. The van der Waals surface area contributed by atoms with Gasteiger partial charge in [0.15, 0.2) is 0 Å². The normalized spacial score (nSPS) is 13.9. The van der Waals surface area contributed by atoms with Crippen LogP contribution in [-0.4, -0.2) is 10.2 Å². The molecule has 20 heavy (non-hydrogen) atoms. The molecule has 0 radical (unpaired) electrons. The number of rotatable bonds is 5. The van der Waals surface area contributed by atoms with Crippen molar-refractivity contribution >= 4 is 0 Å². The second-order valence-corrected chi connectivity index (χ2v) is 5.21. The summed E-state index contributed by atoms with van der Waals surface area (Å²) in [4.78, 5) is 0. The third-order valence-electron chi connectivity index (χ3n) is 4.01. The zero-order valence-electron chi connectivity index (χ0n) is 12.1. The molecule has 2 heteroatoms. The van der Waals surface area contributed by atoms with Crippen LogP contribution in [0.15, 0.2) is 48.5 Å². The zero-order valence-corrected chi connectivity index (χ0v) is 12.1. The molecule has 0 fully saturated rings. The van der Waals surface area contributed by atoms with Gasteiger partial charge in [-0.2, -0.15) is 0 Å². The van der Waals surface area contributed by atoms with E-state index in [4.69, 9.17) is 0 Å². The average Bonchev–Trinajstić information content (AvgIpc) is 2.47. The predicted molar refractivity (Wildman–Crippen MR) is 82.3 cm³/mol. The predicted octanol–water partition coefficient (Wildman–Crippen LogP) is 4.79. The maximum absolute atomic E-state index is 9.43. The van der Waals surface area contributed by atoms with Gasteiger partial charge >= 0.3 is 0 Å². The molecule has 0 aliphatic heterocycles. The van der Waals surface area contributed by atoms with Gasteiger partial charge in [0.25, 0.3) is 0 Å². The molecule has 0 aromatic heterocycles. The zero-order chi connectivity index (χ0) is 14.5. The summed E-state index contributed by atoms with van der Waals surface area (Å²) in [5, 5.41) is 18.9. The molecular weight excluding hydrogens is 248 g/mol. The molecule has 106 valence electrons. The molecule has 0 aliphatic rings. The third kappa shape index (κ3) is 3.13. The molecule has 0 amide bonds. The van der Waals surface area contributed by atoms with Crippen LogP contribution >= 0.6 is 0 Å². The number of hydrogen-bond donors (Lipinski definition) is 2. The van der Waals surface area contributed by atoms with E-state index in [1.807, 2.05) is 24.3 Å². The molecule has 2 aromatic rings. The standard InChI is InChI=1S/C18H22O2/c1-3-17(13-5-9-15(19)10-6-13)18(4-2)14-7-11-16(20)12-8-14/h5-12,17-20H,3-4H2,1-2H3/t17-,18-/m1/s1. The van der Waals surface area contributed by atoms with E-state index in [2.05, 4.69) is 13.8 Å². The van der Waals surface area contributed by atoms with E-state index in [9.17, 15) is 10.2 Å². The Morgan fingerprint density at radius 3 is 1.20 bits per heavy atom. The summed E-state index contributed by atoms with van der Waals surface area (Å²) in [6.07, 6.45) is 2.09. The van der Waals surface area contributed by atoms with Crippen molar-refractivity contribution in [1.29, 1.82) is 0 Å². The highest BCUT2D eigenvalue weighted by molar-refractivity contribution is 5.34. The number of aromatic hydroxyl groups is 2. The Morgan fingerprint density at radius 1 is 0.650 bits per heavy atom. The van der Waals surface area contributed by atoms with Gasteiger partial charge in [-0.1, -0.05) is 38.1 Å². The van der Waals surface area contributed by atoms with E-state index in [1.54, 1.807) is 24.3 Å². The van der Waals surface area contributed by atoms with Crippen molar-refractivity contribution in [3.63, 3.8) is 0 Å². The fraction of sp³-hybridized carbons (Fsp3) is 0.333. The minimum atomic E-state index is 0.307. The van der Waals surface area contributed by atoms with Crippen LogP contribution in [0.4, 0.5) is 0 Å². The largest absolute Gasteiger partial charge is 0.508 e. The van der Waals surface area contributed by atoms with Crippen molar-refractivity contribution in [2.75, 3.05) is 0 Å². The van der Waals surface area contributed by atoms with Crippen LogP contribution in [0.1, 0.15) is 49.7 Å². The van der Waals surface area contributed by atoms with Gasteiger partial charge in [0, 0.05) is 0 Å². The molecule has 0 spiro atoms. The van der Waals surface area contributed by atoms with Gasteiger partial charge in [0.2, 0.25) is 0 Å². The topological polar surface area (TPSA) is 40.5 Å². The van der Waals surface area contributed by atoms with Gasteiger partial charge in [0.1, 0.15) is 11.5 Å². The average molecular weight is 270 g/mol. The number of benzene rings is 2. The monoisotopic (exact) mass is 270 g/mol. The smallest absolute Gasteiger partial charge is 0.115 e. The Kier molecular flexibility index (Phi) is 4.67. The summed E-state index contributed by atoms with van der Waals surface area (Å²) in [5.74, 6) is 1.46. The lowest BCUT2D eigenvalue weighted by atomic mass is 9.78. The van der Waals surface area contributed by atoms with Gasteiger partial charge in [-0.3, -0.25) is 0 Å². The molecule has 2 atom stereocenters. The van der Waals surface area contributed by atoms with E-state index < -0.39 is 0 Å². The highest BCUT2D eigenvalue weighted by Gasteiger charge is 2.21. The minimum absolute atomic E-state index is 0.307. The lowest BCUT2D eigenvalue weighted by Gasteiger charge is -2.26. The number of phenolic OH excluding ortho intramolecular Hbond substituents is 2. The van der Waals surface area contributed by atoms with E-state index >= 15 is 0 Å². The summed E-state index contributed by atoms with van der Waals surface area (Å²) in [6, 6.07) is 15.0. The van der Waals surface area contributed by atoms with E-state index in [0.29, 0.717) is 23.3 Å². The van der Waals surface area contributed by atoms with Crippen molar-refractivity contribution in [1.82, 2.24) is 0 Å². The Balaban J connectivity index is 2.32. The number of phenols is 2. The fourth-order valence-electron chi connectivity index (χ4n) is 2.95. The maximum Gasteiger partial charge on any atom is 0.115 e. The Hall–Kier alpha value is -1.96. The molecule has 2 rings (SSSR count). The van der Waals surface area contributed by atoms with Crippen molar-refractivity contribution in [2.45, 2.75) is 38.5 Å². The molecule has 0 aliphatic carbocycles. The quantitative estimate of drug-likeness (QED) is 0.820. The SMILES string of the molecule is CC[C@H](c1ccc(O)cc1)[C@H](CC)c1ccc(O)cc1. The summed E-state index contributed by atoms with van der Waals surface area (Å²) in [6.45, 7) is 4.39. The van der Waals surface area contributed by atoms with Crippen molar-refractivity contribution in [3.05, 3.63) is 59.7 Å². The van der Waals surface area contributed by atoms with Crippen LogP contribution < -0.4 is 0 Å². The lowest BCUT2D eigenvalue weighted by molar-refractivity contribution is 0.470. The van der Waals surface area contributed by atoms with Crippen molar-refractivity contribution in [3.8, 4) is 11.5 Å². The Morgan fingerprint density at radius 2 is 0.950 bits per heavy atom. The lowest BCUT2D eigenvalue weighted by Crippen LogP contribution is -2.10. The van der Waals surface area contributed by atoms with Crippen LogP contribution in [-0.2, 0) is 0 Å². The Labute approximate surface area is 120 Å². The minimum Gasteiger partial charge on any atom is -0.508 e. The fourth-order valence-corrected chi connectivity index (χ4v) is 2.95. The molecule has 0 saturated carbocycles. The van der Waals surface area contributed by atoms with Crippen LogP contribution in [0, 0.1) is 0 Å². The molecule has 0 unspecified atom stereocenters. The first-order chi connectivity index (χ1) is 9.65. The Bertz CT molecular complexity index is 477. The van der Waals surface area contributed by atoms with Crippen LogP contribution in [0.25, 0.3) is 0 Å². The van der Waals surface area contributed by atoms with E-state index in [1.165, 1.54) is 11.1 Å². The van der Waals surface area contributed by atoms with E-state index in [0.717, 1.165) is 12.8 Å². The van der Waals surface area contributed by atoms with Gasteiger partial charge in [-0.05, 0) is 60.1 Å². The van der Waals surface area contributed by atoms with Gasteiger partial charge < -0.3 is 10.2 Å². The summed E-state index contributed by atoms with van der Waals surface area (Å²) >= 11 is 0. The van der Waals surface area contributed by atoms with E-state index in [-0.39, 0.29) is 0 Å². The summed E-state index contributed by atoms with van der Waals surface area (Å²) < 4.78 is 0. The summed E-state index contributed by atoms with van der Waals surface area (Å²) in [5.41, 5.74) is 2.51. The molecule has 2 nitrogen and oxygen atoms in total. The maximum atomic E-state index is 9.43. The van der Waals surface area contributed by atoms with Crippen LogP contribution in [0.2, 0.25) is 0 Å². The second kappa shape index (κ2) is 6.47. The first kappa shape index (κ1) is 14.4. The molecule has 0 saturated heterocycles. The van der Waals surface area contributed by atoms with Gasteiger partial charge in [-0.25, -0.2) is 0 Å². The first-order valence-corrected chi connectivity index (χ1v) is 7.23. The van der Waals surface area contributed by atoms with Crippen LogP contribution in [0.5, 0.6) is 11.5 Å². The number of hydrogen-bond acceptors (Lipinski definition) is 2. The summed E-state index contributed by atoms with van der Waals surface area (Å²) in [7, 11) is 0. The highest BCUT2D eigenvalue weighted by atomic mass is 16.3. The van der Waals surface area contributed by atoms with Gasteiger partial charge in [0.05, 0.1) is 0 Å². The third-order valence-corrected chi connectivity index (χ3v) is 4.01. The molecule has 2 N–H and O–H groups in total. The van der Waals surface area contributed by atoms with Crippen molar-refractivity contribution in [2.24, 2.45) is 0 Å². The second-order valence-electron chi connectivity index (χ2n) is 5.21. The molecule has 0 heterocycles.